The lowest BCUT2D eigenvalue weighted by Crippen LogP contribution is -2.45. The second kappa shape index (κ2) is 7.03. The van der Waals surface area contributed by atoms with Crippen molar-refractivity contribution < 1.29 is 0 Å². The molecule has 0 bridgehead atoms. The Labute approximate surface area is 198 Å². The van der Waals surface area contributed by atoms with Crippen molar-refractivity contribution in [3.8, 4) is 22.5 Å². The van der Waals surface area contributed by atoms with Crippen molar-refractivity contribution in [3.05, 3.63) is 64.7 Å². The molecule has 7 heteroatoms. The molecule has 7 nitrogen and oxygen atoms in total. The third-order valence-corrected chi connectivity index (χ3v) is 7.22. The first-order chi connectivity index (χ1) is 16.2. The Bertz CT molecular complexity index is 1490. The van der Waals surface area contributed by atoms with E-state index in [-0.39, 0.29) is 22.7 Å². The molecule has 1 aliphatic carbocycles. The topological polar surface area (TPSA) is 92.8 Å². The molecule has 0 unspecified atom stereocenters. The van der Waals surface area contributed by atoms with Crippen LogP contribution in [-0.2, 0) is 12.1 Å². The van der Waals surface area contributed by atoms with Crippen LogP contribution in [0.3, 0.4) is 0 Å². The molecule has 174 valence electrons. The molecule has 1 aliphatic heterocycles. The van der Waals surface area contributed by atoms with Gasteiger partial charge in [0, 0.05) is 40.3 Å². The third kappa shape index (κ3) is 3.18. The Morgan fingerprint density at radius 1 is 1.06 bits per heavy atom. The van der Waals surface area contributed by atoms with Crippen LogP contribution in [0.25, 0.3) is 33.4 Å². The van der Waals surface area contributed by atoms with Crippen LogP contribution in [0.15, 0.2) is 53.5 Å². The number of nitrogens with two attached hydrogens (primary N) is 1. The van der Waals surface area contributed by atoms with E-state index >= 15 is 0 Å². The number of rotatable bonds is 4. The standard InChI is InChI=1S/C27H30N6O/c1-16(2)33-25-31-22(13-24(34)32(25)15-26(33,3)4)19-14-29-21-9-8-17(12-18(19)21)20-6-5-7-23(30-20)27(28)10-11-27/h5-9,12-14,16,29H,10-11,15,28H2,1-4H3. The summed E-state index contributed by atoms with van der Waals surface area (Å²) >= 11 is 0. The fourth-order valence-corrected chi connectivity index (χ4v) is 5.38. The van der Waals surface area contributed by atoms with Crippen molar-refractivity contribution in [2.45, 2.75) is 64.2 Å². The van der Waals surface area contributed by atoms with E-state index in [4.69, 9.17) is 15.7 Å². The summed E-state index contributed by atoms with van der Waals surface area (Å²) in [6, 6.07) is 14.2. The van der Waals surface area contributed by atoms with Gasteiger partial charge in [0.05, 0.1) is 34.7 Å². The number of pyridine rings is 1. The molecule has 1 fully saturated rings. The van der Waals surface area contributed by atoms with E-state index in [0.717, 1.165) is 52.2 Å². The molecule has 1 saturated carbocycles. The molecule has 3 aromatic heterocycles. The number of nitrogens with one attached hydrogen (secondary N) is 1. The molecule has 6 rings (SSSR count). The number of nitrogens with zero attached hydrogens (tertiary/aromatic N) is 4. The van der Waals surface area contributed by atoms with Crippen molar-refractivity contribution in [2.24, 2.45) is 5.73 Å². The predicted molar refractivity (Wildman–Crippen MR) is 136 cm³/mol. The van der Waals surface area contributed by atoms with Crippen LogP contribution in [0.5, 0.6) is 0 Å². The summed E-state index contributed by atoms with van der Waals surface area (Å²) < 4.78 is 1.79. The lowest BCUT2D eigenvalue weighted by atomic mass is 10.0. The zero-order chi connectivity index (χ0) is 23.8. The number of anilines is 1. The molecule has 3 N–H and O–H groups in total. The van der Waals surface area contributed by atoms with Crippen LogP contribution < -0.4 is 16.2 Å². The van der Waals surface area contributed by atoms with Gasteiger partial charge in [-0.25, -0.2) is 4.98 Å². The van der Waals surface area contributed by atoms with Crippen molar-refractivity contribution in [3.63, 3.8) is 0 Å². The average Bonchev–Trinajstić information content (AvgIpc) is 3.29. The second-order valence-corrected chi connectivity index (χ2v) is 10.7. The summed E-state index contributed by atoms with van der Waals surface area (Å²) in [6.45, 7) is 9.24. The molecule has 4 heterocycles. The summed E-state index contributed by atoms with van der Waals surface area (Å²) in [5.41, 5.74) is 11.4. The number of hydrogen-bond acceptors (Lipinski definition) is 5. The molecule has 0 atom stereocenters. The quantitative estimate of drug-likeness (QED) is 0.477. The van der Waals surface area contributed by atoms with E-state index in [1.165, 1.54) is 0 Å². The molecule has 1 aromatic carbocycles. The lowest BCUT2D eigenvalue weighted by Gasteiger charge is -2.35. The summed E-state index contributed by atoms with van der Waals surface area (Å²) in [5, 5.41) is 1.02. The van der Waals surface area contributed by atoms with E-state index in [2.05, 4.69) is 55.8 Å². The summed E-state index contributed by atoms with van der Waals surface area (Å²) in [4.78, 5) is 28.6. The van der Waals surface area contributed by atoms with Gasteiger partial charge >= 0.3 is 0 Å². The highest BCUT2D eigenvalue weighted by molar-refractivity contribution is 5.97. The number of H-pyrrole nitrogens is 1. The van der Waals surface area contributed by atoms with Gasteiger partial charge in [0.1, 0.15) is 0 Å². The van der Waals surface area contributed by atoms with E-state index < -0.39 is 0 Å². The highest BCUT2D eigenvalue weighted by Crippen LogP contribution is 2.42. The summed E-state index contributed by atoms with van der Waals surface area (Å²) in [7, 11) is 0. The second-order valence-electron chi connectivity index (χ2n) is 10.7. The molecule has 0 saturated heterocycles. The molecule has 0 radical (unpaired) electrons. The summed E-state index contributed by atoms with van der Waals surface area (Å²) in [5.74, 6) is 0.736. The maximum atomic E-state index is 13.1. The minimum atomic E-state index is -0.272. The van der Waals surface area contributed by atoms with Crippen LogP contribution in [0.1, 0.15) is 46.2 Å². The first-order valence-corrected chi connectivity index (χ1v) is 12.0. The van der Waals surface area contributed by atoms with Gasteiger partial charge in [-0.3, -0.25) is 14.3 Å². The van der Waals surface area contributed by atoms with Gasteiger partial charge in [0.15, 0.2) is 0 Å². The van der Waals surface area contributed by atoms with Gasteiger partial charge in [-0.05, 0) is 64.8 Å². The Morgan fingerprint density at radius 3 is 2.59 bits per heavy atom. The largest absolute Gasteiger partial charge is 0.360 e. The Balaban J connectivity index is 1.47. The van der Waals surface area contributed by atoms with Crippen molar-refractivity contribution >= 4 is 16.9 Å². The highest BCUT2D eigenvalue weighted by atomic mass is 16.1. The minimum absolute atomic E-state index is 0.0197. The van der Waals surface area contributed by atoms with Crippen LogP contribution >= 0.6 is 0 Å². The molecule has 2 aliphatic rings. The molecular formula is C27H30N6O. The van der Waals surface area contributed by atoms with Gasteiger partial charge in [-0.1, -0.05) is 12.1 Å². The average molecular weight is 455 g/mol. The van der Waals surface area contributed by atoms with Gasteiger partial charge in [0.25, 0.3) is 5.56 Å². The van der Waals surface area contributed by atoms with Crippen molar-refractivity contribution in [2.75, 3.05) is 4.90 Å². The third-order valence-electron chi connectivity index (χ3n) is 7.22. The van der Waals surface area contributed by atoms with Crippen LogP contribution in [-0.4, -0.2) is 31.1 Å². The Hall–Kier alpha value is -3.45. The smallest absolute Gasteiger partial charge is 0.255 e. The van der Waals surface area contributed by atoms with Gasteiger partial charge in [-0.15, -0.1) is 0 Å². The highest BCUT2D eigenvalue weighted by Gasteiger charge is 2.41. The fourth-order valence-electron chi connectivity index (χ4n) is 5.38. The van der Waals surface area contributed by atoms with Crippen molar-refractivity contribution in [1.82, 2.24) is 19.5 Å². The number of benzene rings is 1. The van der Waals surface area contributed by atoms with Crippen LogP contribution in [0.2, 0.25) is 0 Å². The molecule has 0 amide bonds. The number of fused-ring (bicyclic) bond motifs is 2. The predicted octanol–water partition coefficient (Wildman–Crippen LogP) is 4.41. The summed E-state index contributed by atoms with van der Waals surface area (Å²) in [6.07, 6.45) is 3.90. The monoisotopic (exact) mass is 454 g/mol. The zero-order valence-electron chi connectivity index (χ0n) is 20.1. The van der Waals surface area contributed by atoms with E-state index in [9.17, 15) is 4.79 Å². The maximum Gasteiger partial charge on any atom is 0.255 e. The van der Waals surface area contributed by atoms with E-state index in [0.29, 0.717) is 12.2 Å². The fraction of sp³-hybridized carbons (Fsp3) is 0.370. The van der Waals surface area contributed by atoms with Gasteiger partial charge < -0.3 is 15.6 Å². The molecule has 34 heavy (non-hydrogen) atoms. The maximum absolute atomic E-state index is 13.1. The van der Waals surface area contributed by atoms with E-state index in [1.54, 1.807) is 10.6 Å². The SMILES string of the molecule is CC(C)N1c2nc(-c3c[nH]c4ccc(-c5cccc(C6(N)CC6)n5)cc34)cc(=O)n2CC1(C)C. The normalized spacial score (nSPS) is 18.0. The first kappa shape index (κ1) is 21.1. The molecular weight excluding hydrogens is 424 g/mol. The number of aromatic amines is 1. The zero-order valence-corrected chi connectivity index (χ0v) is 20.1. The van der Waals surface area contributed by atoms with Gasteiger partial charge in [0.2, 0.25) is 5.95 Å². The van der Waals surface area contributed by atoms with Crippen molar-refractivity contribution in [1.29, 1.82) is 0 Å². The van der Waals surface area contributed by atoms with Crippen LogP contribution in [0.4, 0.5) is 5.95 Å². The van der Waals surface area contributed by atoms with Crippen LogP contribution in [0, 0.1) is 0 Å². The minimum Gasteiger partial charge on any atom is -0.360 e. The Morgan fingerprint density at radius 2 is 1.85 bits per heavy atom. The van der Waals surface area contributed by atoms with E-state index in [1.807, 2.05) is 24.4 Å². The van der Waals surface area contributed by atoms with Gasteiger partial charge in [-0.2, -0.15) is 0 Å². The number of hydrogen-bond donors (Lipinski definition) is 2. The Kier molecular flexibility index (Phi) is 4.36. The lowest BCUT2D eigenvalue weighted by molar-refractivity contribution is 0.425. The number of aromatic nitrogens is 4. The molecule has 4 aromatic rings. The first-order valence-electron chi connectivity index (χ1n) is 12.0. The molecule has 0 spiro atoms.